The van der Waals surface area contributed by atoms with E-state index in [1.165, 1.54) is 11.1 Å². The van der Waals surface area contributed by atoms with Crippen LogP contribution in [0.3, 0.4) is 0 Å². The number of hydrogen-bond donors (Lipinski definition) is 2. The summed E-state index contributed by atoms with van der Waals surface area (Å²) in [6.45, 7) is 1.89. The van der Waals surface area contributed by atoms with Crippen LogP contribution in [-0.2, 0) is 12.8 Å². The van der Waals surface area contributed by atoms with Gasteiger partial charge < -0.3 is 25.4 Å². The number of nitrogen functional groups attached to an aromatic ring is 1. The number of rotatable bonds is 10. The minimum atomic E-state index is -0.203. The van der Waals surface area contributed by atoms with Gasteiger partial charge >= 0.3 is 0 Å². The quantitative estimate of drug-likeness (QED) is 0.467. The number of likely N-dealkylation sites (N-methyl/N-ethyl adjacent to an activating group) is 1. The van der Waals surface area contributed by atoms with E-state index in [1.54, 1.807) is 32.4 Å². The Morgan fingerprint density at radius 1 is 0.875 bits per heavy atom. The standard InChI is InChI=1S/C26H31N3O3/c1-29(17-15-20-10-13-24(31-2)25(18-20)32-3)16-14-19-8-11-21(12-9-19)28-26(30)22-6-4-5-7-23(22)27/h4-13,18H,14-17,27H2,1-3H3,(H,28,30). The van der Waals surface area contributed by atoms with E-state index >= 15 is 0 Å². The van der Waals surface area contributed by atoms with Crippen molar-refractivity contribution in [1.82, 2.24) is 4.90 Å². The summed E-state index contributed by atoms with van der Waals surface area (Å²) in [5.74, 6) is 1.30. The molecule has 0 saturated heterocycles. The second-order valence-corrected chi connectivity index (χ2v) is 7.73. The smallest absolute Gasteiger partial charge is 0.257 e. The fourth-order valence-electron chi connectivity index (χ4n) is 3.44. The Labute approximate surface area is 190 Å². The maximum atomic E-state index is 12.4. The van der Waals surface area contributed by atoms with Gasteiger partial charge in [-0.05, 0) is 67.4 Å². The number of ether oxygens (including phenoxy) is 2. The normalized spacial score (nSPS) is 10.8. The minimum absolute atomic E-state index is 0.203. The lowest BCUT2D eigenvalue weighted by Crippen LogP contribution is -2.23. The Bertz CT molecular complexity index is 1030. The SMILES string of the molecule is COc1ccc(CCN(C)CCc2ccc(NC(=O)c3ccccc3N)cc2)cc1OC. The molecule has 32 heavy (non-hydrogen) atoms. The van der Waals surface area contributed by atoms with E-state index in [2.05, 4.69) is 23.3 Å². The average molecular weight is 434 g/mol. The maximum absolute atomic E-state index is 12.4. The van der Waals surface area contributed by atoms with Crippen LogP contribution in [0.25, 0.3) is 0 Å². The van der Waals surface area contributed by atoms with Crippen LogP contribution >= 0.6 is 0 Å². The number of anilines is 2. The molecule has 0 radical (unpaired) electrons. The molecule has 0 aromatic heterocycles. The summed E-state index contributed by atoms with van der Waals surface area (Å²) in [6.07, 6.45) is 1.87. The number of carbonyl (C=O) groups is 1. The van der Waals surface area contributed by atoms with Crippen molar-refractivity contribution < 1.29 is 14.3 Å². The van der Waals surface area contributed by atoms with Gasteiger partial charge in [-0.25, -0.2) is 0 Å². The molecule has 1 amide bonds. The lowest BCUT2D eigenvalue weighted by Gasteiger charge is -2.17. The molecule has 0 aliphatic carbocycles. The first-order valence-corrected chi connectivity index (χ1v) is 10.6. The lowest BCUT2D eigenvalue weighted by atomic mass is 10.1. The number of nitrogens with zero attached hydrogens (tertiary/aromatic N) is 1. The molecule has 0 aliphatic rings. The Morgan fingerprint density at radius 3 is 2.16 bits per heavy atom. The summed E-state index contributed by atoms with van der Waals surface area (Å²) < 4.78 is 10.7. The van der Waals surface area contributed by atoms with E-state index in [0.29, 0.717) is 11.3 Å². The van der Waals surface area contributed by atoms with Crippen LogP contribution in [0.4, 0.5) is 11.4 Å². The molecule has 0 spiro atoms. The van der Waals surface area contributed by atoms with Gasteiger partial charge in [0.05, 0.1) is 19.8 Å². The third kappa shape index (κ3) is 6.25. The summed E-state index contributed by atoms with van der Waals surface area (Å²) in [6, 6.07) is 21.1. The topological polar surface area (TPSA) is 76.8 Å². The highest BCUT2D eigenvalue weighted by Gasteiger charge is 2.09. The van der Waals surface area contributed by atoms with E-state index in [1.807, 2.05) is 42.5 Å². The zero-order chi connectivity index (χ0) is 22.9. The zero-order valence-corrected chi connectivity index (χ0v) is 18.9. The Balaban J connectivity index is 1.46. The second kappa shape index (κ2) is 11.2. The molecule has 0 aliphatic heterocycles. The zero-order valence-electron chi connectivity index (χ0n) is 18.9. The molecular weight excluding hydrogens is 402 g/mol. The first kappa shape index (κ1) is 23.2. The number of methoxy groups -OCH3 is 2. The number of para-hydroxylation sites is 1. The monoisotopic (exact) mass is 433 g/mol. The predicted molar refractivity (Wildman–Crippen MR) is 130 cm³/mol. The second-order valence-electron chi connectivity index (χ2n) is 7.73. The van der Waals surface area contributed by atoms with Crippen LogP contribution in [0.5, 0.6) is 11.5 Å². The molecular formula is C26H31N3O3. The molecule has 3 N–H and O–H groups in total. The van der Waals surface area contributed by atoms with Crippen molar-refractivity contribution in [2.24, 2.45) is 0 Å². The summed E-state index contributed by atoms with van der Waals surface area (Å²) in [4.78, 5) is 14.7. The summed E-state index contributed by atoms with van der Waals surface area (Å²) in [7, 11) is 5.42. The van der Waals surface area contributed by atoms with Crippen LogP contribution in [-0.4, -0.2) is 45.2 Å². The van der Waals surface area contributed by atoms with E-state index in [9.17, 15) is 4.79 Å². The van der Waals surface area contributed by atoms with Crippen LogP contribution in [0.15, 0.2) is 66.7 Å². The minimum Gasteiger partial charge on any atom is -0.493 e. The predicted octanol–water partition coefficient (Wildman–Crippen LogP) is 4.26. The maximum Gasteiger partial charge on any atom is 0.257 e. The van der Waals surface area contributed by atoms with E-state index in [-0.39, 0.29) is 5.91 Å². The third-order valence-electron chi connectivity index (χ3n) is 5.43. The summed E-state index contributed by atoms with van der Waals surface area (Å²) in [5.41, 5.74) is 10.0. The molecule has 3 aromatic rings. The highest BCUT2D eigenvalue weighted by atomic mass is 16.5. The van der Waals surface area contributed by atoms with Crippen molar-refractivity contribution in [3.8, 4) is 11.5 Å². The van der Waals surface area contributed by atoms with Gasteiger partial charge in [-0.3, -0.25) is 4.79 Å². The first-order chi connectivity index (χ1) is 15.5. The molecule has 3 aromatic carbocycles. The Morgan fingerprint density at radius 2 is 1.50 bits per heavy atom. The number of hydrogen-bond acceptors (Lipinski definition) is 5. The molecule has 6 nitrogen and oxygen atoms in total. The largest absolute Gasteiger partial charge is 0.493 e. The number of carbonyl (C=O) groups excluding carboxylic acids is 1. The fraction of sp³-hybridized carbons (Fsp3) is 0.269. The number of benzene rings is 3. The molecule has 0 heterocycles. The Hall–Kier alpha value is -3.51. The van der Waals surface area contributed by atoms with Crippen LogP contribution < -0.4 is 20.5 Å². The van der Waals surface area contributed by atoms with Gasteiger partial charge in [0, 0.05) is 24.5 Å². The van der Waals surface area contributed by atoms with Gasteiger partial charge in [0.1, 0.15) is 0 Å². The van der Waals surface area contributed by atoms with Crippen molar-refractivity contribution >= 4 is 17.3 Å². The molecule has 0 fully saturated rings. The molecule has 0 bridgehead atoms. The van der Waals surface area contributed by atoms with E-state index < -0.39 is 0 Å². The fourth-order valence-corrected chi connectivity index (χ4v) is 3.44. The van der Waals surface area contributed by atoms with Crippen molar-refractivity contribution in [3.05, 3.63) is 83.4 Å². The summed E-state index contributed by atoms with van der Waals surface area (Å²) in [5, 5.41) is 2.90. The Kier molecular flexibility index (Phi) is 8.11. The van der Waals surface area contributed by atoms with Gasteiger partial charge in [-0.15, -0.1) is 0 Å². The van der Waals surface area contributed by atoms with Crippen LogP contribution in [0.1, 0.15) is 21.5 Å². The third-order valence-corrected chi connectivity index (χ3v) is 5.43. The first-order valence-electron chi connectivity index (χ1n) is 10.6. The van der Waals surface area contributed by atoms with E-state index in [0.717, 1.165) is 43.1 Å². The van der Waals surface area contributed by atoms with E-state index in [4.69, 9.17) is 15.2 Å². The van der Waals surface area contributed by atoms with Gasteiger partial charge in [-0.1, -0.05) is 30.3 Å². The molecule has 6 heteroatoms. The highest BCUT2D eigenvalue weighted by molar-refractivity contribution is 6.07. The van der Waals surface area contributed by atoms with Crippen molar-refractivity contribution in [3.63, 3.8) is 0 Å². The van der Waals surface area contributed by atoms with Crippen LogP contribution in [0, 0.1) is 0 Å². The number of nitrogens with one attached hydrogen (secondary N) is 1. The lowest BCUT2D eigenvalue weighted by molar-refractivity contribution is 0.102. The number of nitrogens with two attached hydrogens (primary N) is 1. The molecule has 0 unspecified atom stereocenters. The van der Waals surface area contributed by atoms with Crippen molar-refractivity contribution in [2.75, 3.05) is 45.4 Å². The molecule has 0 saturated carbocycles. The molecule has 3 rings (SSSR count). The average Bonchev–Trinajstić information content (AvgIpc) is 2.82. The van der Waals surface area contributed by atoms with Crippen molar-refractivity contribution in [1.29, 1.82) is 0 Å². The molecule has 168 valence electrons. The molecule has 0 atom stereocenters. The van der Waals surface area contributed by atoms with Crippen molar-refractivity contribution in [2.45, 2.75) is 12.8 Å². The highest BCUT2D eigenvalue weighted by Crippen LogP contribution is 2.27. The number of amides is 1. The van der Waals surface area contributed by atoms with Gasteiger partial charge in [0.25, 0.3) is 5.91 Å². The van der Waals surface area contributed by atoms with Gasteiger partial charge in [0.15, 0.2) is 11.5 Å². The van der Waals surface area contributed by atoms with Gasteiger partial charge in [0.2, 0.25) is 0 Å². The van der Waals surface area contributed by atoms with Gasteiger partial charge in [-0.2, -0.15) is 0 Å². The summed E-state index contributed by atoms with van der Waals surface area (Å²) >= 11 is 0. The van der Waals surface area contributed by atoms with Crippen LogP contribution in [0.2, 0.25) is 0 Å².